The molecule has 1 fully saturated rings. The van der Waals surface area contributed by atoms with Crippen LogP contribution in [0.25, 0.3) is 0 Å². The van der Waals surface area contributed by atoms with Gasteiger partial charge >= 0.3 is 0 Å². The molecule has 2 N–H and O–H groups in total. The maximum atomic E-state index is 12.2. The summed E-state index contributed by atoms with van der Waals surface area (Å²) in [5.74, 6) is 0.596. The van der Waals surface area contributed by atoms with E-state index >= 15 is 0 Å². The van der Waals surface area contributed by atoms with Crippen molar-refractivity contribution in [1.29, 1.82) is 0 Å². The van der Waals surface area contributed by atoms with Crippen LogP contribution in [0.4, 0.5) is 5.69 Å². The summed E-state index contributed by atoms with van der Waals surface area (Å²) in [5, 5.41) is 6.33. The van der Waals surface area contributed by atoms with Gasteiger partial charge in [-0.05, 0) is 56.3 Å². The fourth-order valence-electron chi connectivity index (χ4n) is 2.95. The lowest BCUT2D eigenvalue weighted by molar-refractivity contribution is -0.128. The lowest BCUT2D eigenvalue weighted by atomic mass is 9.99. The molecule has 0 aliphatic carbocycles. The third-order valence-electron chi connectivity index (χ3n) is 4.24. The first-order chi connectivity index (χ1) is 9.83. The van der Waals surface area contributed by atoms with E-state index in [1.165, 1.54) is 5.56 Å². The maximum Gasteiger partial charge on any atom is 0.253 e. The van der Waals surface area contributed by atoms with Gasteiger partial charge in [0.2, 0.25) is 0 Å². The van der Waals surface area contributed by atoms with Crippen molar-refractivity contribution in [3.63, 3.8) is 0 Å². The number of hydrogen-bond donors (Lipinski definition) is 2. The fourth-order valence-corrected chi connectivity index (χ4v) is 2.95. The predicted molar refractivity (Wildman–Crippen MR) is 78.7 cm³/mol. The van der Waals surface area contributed by atoms with Gasteiger partial charge in [-0.2, -0.15) is 0 Å². The van der Waals surface area contributed by atoms with Crippen molar-refractivity contribution >= 4 is 11.6 Å². The van der Waals surface area contributed by atoms with Crippen LogP contribution < -0.4 is 10.6 Å². The van der Waals surface area contributed by atoms with E-state index in [9.17, 15) is 4.79 Å². The molecule has 0 bridgehead atoms. The van der Waals surface area contributed by atoms with E-state index in [2.05, 4.69) is 16.7 Å². The van der Waals surface area contributed by atoms with Gasteiger partial charge in [0.1, 0.15) is 6.10 Å². The van der Waals surface area contributed by atoms with Crippen LogP contribution in [0.1, 0.15) is 24.8 Å². The fraction of sp³-hybridized carbons (Fsp3) is 0.562. The number of benzene rings is 1. The second-order valence-electron chi connectivity index (χ2n) is 5.70. The molecule has 1 unspecified atom stereocenters. The van der Waals surface area contributed by atoms with Gasteiger partial charge in [0, 0.05) is 5.69 Å². The van der Waals surface area contributed by atoms with E-state index in [1.54, 1.807) is 0 Å². The number of para-hydroxylation sites is 1. The Hall–Kier alpha value is -1.39. The van der Waals surface area contributed by atoms with Gasteiger partial charge < -0.3 is 15.4 Å². The van der Waals surface area contributed by atoms with E-state index in [0.717, 1.165) is 44.5 Å². The van der Waals surface area contributed by atoms with Crippen LogP contribution in [0.2, 0.25) is 0 Å². The summed E-state index contributed by atoms with van der Waals surface area (Å²) < 4.78 is 5.91. The van der Waals surface area contributed by atoms with Gasteiger partial charge in [0.25, 0.3) is 5.91 Å². The van der Waals surface area contributed by atoms with E-state index in [0.29, 0.717) is 12.5 Å². The zero-order chi connectivity index (χ0) is 13.8. The molecule has 1 saturated heterocycles. The summed E-state index contributed by atoms with van der Waals surface area (Å²) in [7, 11) is 0. The molecule has 0 radical (unpaired) electrons. The lowest BCUT2D eigenvalue weighted by Gasteiger charge is -2.24. The Kier molecular flexibility index (Phi) is 4.33. The van der Waals surface area contributed by atoms with Crippen molar-refractivity contribution < 1.29 is 9.53 Å². The zero-order valence-electron chi connectivity index (χ0n) is 11.7. The summed E-state index contributed by atoms with van der Waals surface area (Å²) in [5.41, 5.74) is 2.14. The molecular formula is C16H22N2O2. The SMILES string of the molecule is O=C1Nc2ccccc2CCC1OCC1CCNCC1. The minimum atomic E-state index is -0.308. The minimum Gasteiger partial charge on any atom is -0.368 e. The quantitative estimate of drug-likeness (QED) is 0.886. The van der Waals surface area contributed by atoms with Gasteiger partial charge in [-0.3, -0.25) is 4.79 Å². The van der Waals surface area contributed by atoms with Gasteiger partial charge in [-0.1, -0.05) is 18.2 Å². The third-order valence-corrected chi connectivity index (χ3v) is 4.24. The zero-order valence-corrected chi connectivity index (χ0v) is 11.7. The van der Waals surface area contributed by atoms with Crippen molar-refractivity contribution in [2.75, 3.05) is 25.0 Å². The Labute approximate surface area is 119 Å². The largest absolute Gasteiger partial charge is 0.368 e. The molecule has 1 aromatic rings. The van der Waals surface area contributed by atoms with Crippen LogP contribution in [-0.4, -0.2) is 31.7 Å². The molecule has 1 atom stereocenters. The number of hydrogen-bond acceptors (Lipinski definition) is 3. The number of piperidine rings is 1. The highest BCUT2D eigenvalue weighted by atomic mass is 16.5. The third kappa shape index (κ3) is 3.19. The van der Waals surface area contributed by atoms with Crippen LogP contribution in [0.5, 0.6) is 0 Å². The van der Waals surface area contributed by atoms with Crippen LogP contribution in [0, 0.1) is 5.92 Å². The van der Waals surface area contributed by atoms with Crippen LogP contribution in [0.3, 0.4) is 0 Å². The van der Waals surface area contributed by atoms with Crippen LogP contribution >= 0.6 is 0 Å². The second-order valence-corrected chi connectivity index (χ2v) is 5.70. The highest BCUT2D eigenvalue weighted by molar-refractivity contribution is 5.95. The van der Waals surface area contributed by atoms with E-state index in [-0.39, 0.29) is 12.0 Å². The number of rotatable bonds is 3. The molecule has 108 valence electrons. The molecule has 1 amide bonds. The summed E-state index contributed by atoms with van der Waals surface area (Å²) >= 11 is 0. The Morgan fingerprint density at radius 2 is 1.95 bits per heavy atom. The number of carbonyl (C=O) groups is 1. The number of amides is 1. The van der Waals surface area contributed by atoms with Gasteiger partial charge in [-0.15, -0.1) is 0 Å². The van der Waals surface area contributed by atoms with E-state index < -0.39 is 0 Å². The molecule has 0 spiro atoms. The minimum absolute atomic E-state index is 0.00360. The van der Waals surface area contributed by atoms with Crippen molar-refractivity contribution in [1.82, 2.24) is 5.32 Å². The monoisotopic (exact) mass is 274 g/mol. The number of carbonyl (C=O) groups excluding carboxylic acids is 1. The van der Waals surface area contributed by atoms with Crippen LogP contribution in [-0.2, 0) is 16.0 Å². The Bertz CT molecular complexity index is 469. The number of aryl methyl sites for hydroxylation is 1. The standard InChI is InChI=1S/C16H22N2O2/c19-16-15(20-11-12-7-9-17-10-8-12)6-5-13-3-1-2-4-14(13)18-16/h1-4,12,15,17H,5-11H2,(H,18,19). The topological polar surface area (TPSA) is 50.4 Å². The molecule has 4 nitrogen and oxygen atoms in total. The van der Waals surface area contributed by atoms with Gasteiger partial charge in [0.15, 0.2) is 0 Å². The smallest absolute Gasteiger partial charge is 0.253 e. The van der Waals surface area contributed by atoms with Crippen molar-refractivity contribution in [2.24, 2.45) is 5.92 Å². The summed E-state index contributed by atoms with van der Waals surface area (Å²) in [6.45, 7) is 2.84. The molecule has 1 aromatic carbocycles. The highest BCUT2D eigenvalue weighted by Gasteiger charge is 2.25. The first kappa shape index (κ1) is 13.6. The lowest BCUT2D eigenvalue weighted by Crippen LogP contribution is -2.34. The molecule has 3 rings (SSSR count). The molecule has 2 aliphatic rings. The van der Waals surface area contributed by atoms with Gasteiger partial charge in [-0.25, -0.2) is 0 Å². The first-order valence-electron chi connectivity index (χ1n) is 7.54. The Morgan fingerprint density at radius 3 is 2.80 bits per heavy atom. The number of nitrogens with one attached hydrogen (secondary N) is 2. The predicted octanol–water partition coefficient (Wildman–Crippen LogP) is 1.96. The highest BCUT2D eigenvalue weighted by Crippen LogP contribution is 2.23. The van der Waals surface area contributed by atoms with E-state index in [4.69, 9.17) is 4.74 Å². The summed E-state index contributed by atoms with van der Waals surface area (Å²) in [6.07, 6.45) is 3.65. The number of ether oxygens (including phenoxy) is 1. The first-order valence-corrected chi connectivity index (χ1v) is 7.54. The Balaban J connectivity index is 1.57. The average Bonchev–Trinajstić information content (AvgIpc) is 2.65. The normalized spacial score (nSPS) is 23.8. The number of fused-ring (bicyclic) bond motifs is 1. The second kappa shape index (κ2) is 6.37. The average molecular weight is 274 g/mol. The Morgan fingerprint density at radius 1 is 1.15 bits per heavy atom. The van der Waals surface area contributed by atoms with Gasteiger partial charge in [0.05, 0.1) is 6.61 Å². The van der Waals surface area contributed by atoms with Crippen molar-refractivity contribution in [3.05, 3.63) is 29.8 Å². The van der Waals surface area contributed by atoms with Crippen LogP contribution in [0.15, 0.2) is 24.3 Å². The summed E-state index contributed by atoms with van der Waals surface area (Å²) in [6, 6.07) is 8.00. The van der Waals surface area contributed by atoms with Crippen molar-refractivity contribution in [3.8, 4) is 0 Å². The molecule has 2 heterocycles. The maximum absolute atomic E-state index is 12.2. The number of anilines is 1. The molecule has 4 heteroatoms. The molecule has 2 aliphatic heterocycles. The molecular weight excluding hydrogens is 252 g/mol. The molecule has 20 heavy (non-hydrogen) atoms. The van der Waals surface area contributed by atoms with Crippen molar-refractivity contribution in [2.45, 2.75) is 31.8 Å². The molecule has 0 aromatic heterocycles. The molecule has 0 saturated carbocycles. The van der Waals surface area contributed by atoms with E-state index in [1.807, 2.05) is 18.2 Å². The summed E-state index contributed by atoms with van der Waals surface area (Å²) in [4.78, 5) is 12.2.